The molecule has 0 fully saturated rings. The van der Waals surface area contributed by atoms with Crippen molar-refractivity contribution in [3.05, 3.63) is 50.8 Å². The molecule has 0 saturated carbocycles. The Morgan fingerprint density at radius 2 is 1.94 bits per heavy atom. The zero-order valence-electron chi connectivity index (χ0n) is 9.11. The number of aromatic carboxylic acids is 1. The van der Waals surface area contributed by atoms with Crippen molar-refractivity contribution in [2.75, 3.05) is 5.32 Å². The molecule has 94 valence electrons. The normalized spacial score (nSPS) is 10.3. The van der Waals surface area contributed by atoms with Crippen LogP contribution in [0, 0.1) is 0 Å². The van der Waals surface area contributed by atoms with Gasteiger partial charge in [0.05, 0.1) is 12.0 Å². The van der Waals surface area contributed by atoms with Gasteiger partial charge in [-0.3, -0.25) is 0 Å². The van der Waals surface area contributed by atoms with Crippen molar-refractivity contribution in [2.24, 2.45) is 0 Å². The number of halogens is 2. The first kappa shape index (κ1) is 13.2. The van der Waals surface area contributed by atoms with Crippen LogP contribution in [-0.2, 0) is 6.54 Å². The van der Waals surface area contributed by atoms with Crippen molar-refractivity contribution in [3.63, 3.8) is 0 Å². The van der Waals surface area contributed by atoms with Crippen molar-refractivity contribution in [3.8, 4) is 0 Å². The third-order valence-corrected chi connectivity index (χ3v) is 3.68. The molecule has 0 amide bonds. The molecule has 0 spiro atoms. The Morgan fingerprint density at radius 3 is 2.56 bits per heavy atom. The molecule has 18 heavy (non-hydrogen) atoms. The van der Waals surface area contributed by atoms with Crippen molar-refractivity contribution < 1.29 is 14.3 Å². The Bertz CT molecular complexity index is 560. The first-order chi connectivity index (χ1) is 8.59. The van der Waals surface area contributed by atoms with E-state index in [2.05, 4.69) is 37.2 Å². The lowest BCUT2D eigenvalue weighted by Gasteiger charge is -2.09. The molecule has 0 aliphatic heterocycles. The van der Waals surface area contributed by atoms with Crippen LogP contribution in [0.1, 0.15) is 16.1 Å². The number of furan rings is 1. The molecule has 0 radical (unpaired) electrons. The average Bonchev–Trinajstić information content (AvgIpc) is 2.76. The van der Waals surface area contributed by atoms with Crippen LogP contribution in [0.4, 0.5) is 5.69 Å². The quantitative estimate of drug-likeness (QED) is 0.845. The lowest BCUT2D eigenvalue weighted by molar-refractivity contribution is 0.0661. The van der Waals surface area contributed by atoms with Gasteiger partial charge in [0.25, 0.3) is 0 Å². The van der Waals surface area contributed by atoms with Crippen LogP contribution in [-0.4, -0.2) is 11.1 Å². The van der Waals surface area contributed by atoms with Crippen molar-refractivity contribution in [1.29, 1.82) is 0 Å². The predicted molar refractivity (Wildman–Crippen MR) is 74.8 cm³/mol. The molecular formula is C12H9Br2NO3. The summed E-state index contributed by atoms with van der Waals surface area (Å²) in [7, 11) is 0. The van der Waals surface area contributed by atoms with Gasteiger partial charge < -0.3 is 14.8 Å². The predicted octanol–water partition coefficient (Wildman–Crippen LogP) is 4.11. The molecule has 2 N–H and O–H groups in total. The first-order valence-corrected chi connectivity index (χ1v) is 6.65. The minimum absolute atomic E-state index is 0.0364. The minimum atomic E-state index is -1.07. The highest BCUT2D eigenvalue weighted by molar-refractivity contribution is 9.11. The summed E-state index contributed by atoms with van der Waals surface area (Å²) >= 11 is 6.85. The summed E-state index contributed by atoms with van der Waals surface area (Å²) in [6, 6.07) is 7.35. The number of benzene rings is 1. The van der Waals surface area contributed by atoms with E-state index >= 15 is 0 Å². The monoisotopic (exact) mass is 373 g/mol. The summed E-state index contributed by atoms with van der Waals surface area (Å²) in [5.41, 5.74) is 1.47. The smallest absolute Gasteiger partial charge is 0.372 e. The van der Waals surface area contributed by atoms with Crippen molar-refractivity contribution in [1.82, 2.24) is 0 Å². The number of carboxylic acid groups (broad SMARTS) is 1. The lowest BCUT2D eigenvalue weighted by atomic mass is 10.2. The van der Waals surface area contributed by atoms with E-state index in [0.717, 1.165) is 14.6 Å². The van der Waals surface area contributed by atoms with Crippen LogP contribution in [0.15, 0.2) is 43.9 Å². The molecule has 1 aromatic heterocycles. The second-order valence-corrected chi connectivity index (χ2v) is 5.24. The zero-order valence-corrected chi connectivity index (χ0v) is 12.3. The van der Waals surface area contributed by atoms with Crippen molar-refractivity contribution in [2.45, 2.75) is 6.54 Å². The third kappa shape index (κ3) is 2.76. The van der Waals surface area contributed by atoms with Crippen LogP contribution in [0.2, 0.25) is 0 Å². The fraction of sp³-hybridized carbons (Fsp3) is 0.0833. The highest BCUT2D eigenvalue weighted by Gasteiger charge is 2.14. The Balaban J connectivity index is 2.17. The first-order valence-electron chi connectivity index (χ1n) is 5.07. The molecule has 4 nitrogen and oxygen atoms in total. The number of carboxylic acids is 1. The molecule has 2 rings (SSSR count). The second-order valence-electron chi connectivity index (χ2n) is 3.53. The lowest BCUT2D eigenvalue weighted by Crippen LogP contribution is -2.05. The van der Waals surface area contributed by atoms with E-state index < -0.39 is 5.97 Å². The number of rotatable bonds is 4. The second kappa shape index (κ2) is 5.58. The molecule has 0 aliphatic carbocycles. The minimum Gasteiger partial charge on any atom is -0.475 e. The van der Waals surface area contributed by atoms with Gasteiger partial charge in [-0.1, -0.05) is 6.07 Å². The standard InChI is InChI=1S/C12H9Br2NO3/c13-8-2-1-3-9(14)10(8)15-6-7-4-5-18-11(7)12(16)17/h1-5,15H,6H2,(H,16,17). The van der Waals surface area contributed by atoms with Gasteiger partial charge in [-0.15, -0.1) is 0 Å². The van der Waals surface area contributed by atoms with Crippen LogP contribution < -0.4 is 5.32 Å². The molecular weight excluding hydrogens is 366 g/mol. The van der Waals surface area contributed by atoms with E-state index in [1.54, 1.807) is 6.07 Å². The van der Waals surface area contributed by atoms with E-state index in [1.807, 2.05) is 18.2 Å². The number of carbonyl (C=O) groups is 1. The average molecular weight is 375 g/mol. The summed E-state index contributed by atoms with van der Waals surface area (Å²) in [6.45, 7) is 0.374. The highest BCUT2D eigenvalue weighted by Crippen LogP contribution is 2.31. The maximum Gasteiger partial charge on any atom is 0.372 e. The molecule has 6 heteroatoms. The van der Waals surface area contributed by atoms with Gasteiger partial charge in [0.2, 0.25) is 5.76 Å². The Hall–Kier alpha value is -1.27. The Labute approximate surface area is 120 Å². The number of hydrogen-bond acceptors (Lipinski definition) is 3. The van der Waals surface area contributed by atoms with Crippen LogP contribution in [0.25, 0.3) is 0 Å². The van der Waals surface area contributed by atoms with Gasteiger partial charge in [-0.25, -0.2) is 4.79 Å². The highest BCUT2D eigenvalue weighted by atomic mass is 79.9. The fourth-order valence-electron chi connectivity index (χ4n) is 1.51. The van der Waals surface area contributed by atoms with E-state index in [0.29, 0.717) is 12.1 Å². The van der Waals surface area contributed by atoms with E-state index in [4.69, 9.17) is 9.52 Å². The van der Waals surface area contributed by atoms with E-state index in [9.17, 15) is 4.79 Å². The Kier molecular flexibility index (Phi) is 4.08. The number of anilines is 1. The molecule has 1 aromatic carbocycles. The number of para-hydroxylation sites is 1. The van der Waals surface area contributed by atoms with E-state index in [1.165, 1.54) is 6.26 Å². The Morgan fingerprint density at radius 1 is 1.28 bits per heavy atom. The molecule has 0 aliphatic rings. The third-order valence-electron chi connectivity index (χ3n) is 2.36. The molecule has 0 atom stereocenters. The zero-order chi connectivity index (χ0) is 13.1. The topological polar surface area (TPSA) is 62.5 Å². The van der Waals surface area contributed by atoms with Crippen LogP contribution in [0.5, 0.6) is 0 Å². The van der Waals surface area contributed by atoms with Gasteiger partial charge in [0.15, 0.2) is 0 Å². The van der Waals surface area contributed by atoms with Gasteiger partial charge in [-0.2, -0.15) is 0 Å². The molecule has 2 aromatic rings. The van der Waals surface area contributed by atoms with E-state index in [-0.39, 0.29) is 5.76 Å². The fourth-order valence-corrected chi connectivity index (χ4v) is 2.79. The van der Waals surface area contributed by atoms with Gasteiger partial charge in [-0.05, 0) is 50.1 Å². The summed E-state index contributed by atoms with van der Waals surface area (Å²) in [6.07, 6.45) is 1.37. The van der Waals surface area contributed by atoms with Crippen LogP contribution in [0.3, 0.4) is 0 Å². The van der Waals surface area contributed by atoms with Gasteiger partial charge in [0.1, 0.15) is 0 Å². The number of hydrogen-bond donors (Lipinski definition) is 2. The van der Waals surface area contributed by atoms with Crippen LogP contribution >= 0.6 is 31.9 Å². The molecule has 0 saturated heterocycles. The summed E-state index contributed by atoms with van der Waals surface area (Å²) in [4.78, 5) is 10.9. The summed E-state index contributed by atoms with van der Waals surface area (Å²) in [5, 5.41) is 12.1. The SMILES string of the molecule is O=C(O)c1occc1CNc1c(Br)cccc1Br. The molecule has 1 heterocycles. The van der Waals surface area contributed by atoms with Crippen molar-refractivity contribution >= 4 is 43.5 Å². The summed E-state index contributed by atoms with van der Waals surface area (Å²) < 4.78 is 6.71. The van der Waals surface area contributed by atoms with Gasteiger partial charge in [0, 0.05) is 21.1 Å². The number of nitrogens with one attached hydrogen (secondary N) is 1. The largest absolute Gasteiger partial charge is 0.475 e. The van der Waals surface area contributed by atoms with Gasteiger partial charge >= 0.3 is 5.97 Å². The molecule has 0 bridgehead atoms. The molecule has 0 unspecified atom stereocenters. The maximum atomic E-state index is 10.9. The summed E-state index contributed by atoms with van der Waals surface area (Å²) in [5.74, 6) is -1.10. The maximum absolute atomic E-state index is 10.9.